The predicted octanol–water partition coefficient (Wildman–Crippen LogP) is 2.56. The molecule has 2 amide bonds. The van der Waals surface area contributed by atoms with Crippen molar-refractivity contribution in [2.24, 2.45) is 5.73 Å². The molecule has 0 bridgehead atoms. The summed E-state index contributed by atoms with van der Waals surface area (Å²) in [6.45, 7) is 1.69. The van der Waals surface area contributed by atoms with Crippen molar-refractivity contribution in [2.75, 3.05) is 23.3 Å². The average Bonchev–Trinajstić information content (AvgIpc) is 2.62. The average molecular weight is 342 g/mol. The summed E-state index contributed by atoms with van der Waals surface area (Å²) in [6, 6.07) is 7.47. The summed E-state index contributed by atoms with van der Waals surface area (Å²) in [5.41, 5.74) is 7.27. The fourth-order valence-electron chi connectivity index (χ4n) is 2.92. The molecule has 6 nitrogen and oxygen atoms in total. The first-order chi connectivity index (χ1) is 12.0. The van der Waals surface area contributed by atoms with Crippen LogP contribution in [0.1, 0.15) is 40.1 Å². The van der Waals surface area contributed by atoms with Gasteiger partial charge in [-0.05, 0) is 49.6 Å². The number of nitrogens with zero attached hydrogens (tertiary/aromatic N) is 2. The summed E-state index contributed by atoms with van der Waals surface area (Å²) in [4.78, 5) is 29.8. The van der Waals surface area contributed by atoms with Crippen LogP contribution >= 0.6 is 0 Å². The minimum atomic E-state index is -0.505. The Labute approximate surface area is 144 Å². The Balaban J connectivity index is 1.85. The number of halogens is 1. The minimum absolute atomic E-state index is 0.111. The lowest BCUT2D eigenvalue weighted by atomic mass is 10.1. The van der Waals surface area contributed by atoms with Crippen LogP contribution in [0.4, 0.5) is 15.8 Å². The second-order valence-electron chi connectivity index (χ2n) is 5.96. The number of carbonyl (C=O) groups is 2. The third-order valence-corrected chi connectivity index (χ3v) is 4.18. The van der Waals surface area contributed by atoms with E-state index in [1.54, 1.807) is 18.2 Å². The van der Waals surface area contributed by atoms with Crippen molar-refractivity contribution in [1.29, 1.82) is 0 Å². The molecule has 0 atom stereocenters. The van der Waals surface area contributed by atoms with Crippen LogP contribution in [0.15, 0.2) is 36.5 Å². The second kappa shape index (κ2) is 7.29. The van der Waals surface area contributed by atoms with E-state index in [4.69, 9.17) is 5.73 Å². The monoisotopic (exact) mass is 342 g/mol. The SMILES string of the molecule is NC(=O)c1ccc(NC(=O)c2ccc(F)cn2)cc1N1CCCCC1. The zero-order valence-corrected chi connectivity index (χ0v) is 13.7. The van der Waals surface area contributed by atoms with Gasteiger partial charge in [-0.25, -0.2) is 9.37 Å². The zero-order chi connectivity index (χ0) is 17.8. The van der Waals surface area contributed by atoms with Crippen LogP contribution in [0.2, 0.25) is 0 Å². The van der Waals surface area contributed by atoms with Gasteiger partial charge in [-0.15, -0.1) is 0 Å². The summed E-state index contributed by atoms with van der Waals surface area (Å²) in [5, 5.41) is 2.72. The van der Waals surface area contributed by atoms with E-state index >= 15 is 0 Å². The number of amides is 2. The molecule has 1 aliphatic heterocycles. The third-order valence-electron chi connectivity index (χ3n) is 4.18. The summed E-state index contributed by atoms with van der Waals surface area (Å²) < 4.78 is 12.9. The van der Waals surface area contributed by atoms with E-state index in [2.05, 4.69) is 15.2 Å². The van der Waals surface area contributed by atoms with E-state index in [-0.39, 0.29) is 5.69 Å². The molecule has 2 aromatic rings. The molecular formula is C18H19FN4O2. The first-order valence-corrected chi connectivity index (χ1v) is 8.16. The first-order valence-electron chi connectivity index (χ1n) is 8.16. The number of pyridine rings is 1. The van der Waals surface area contributed by atoms with Gasteiger partial charge in [0.2, 0.25) is 0 Å². The fourth-order valence-corrected chi connectivity index (χ4v) is 2.92. The van der Waals surface area contributed by atoms with Crippen molar-refractivity contribution >= 4 is 23.2 Å². The summed E-state index contributed by atoms with van der Waals surface area (Å²) in [7, 11) is 0. The van der Waals surface area contributed by atoms with Gasteiger partial charge in [0.15, 0.2) is 0 Å². The van der Waals surface area contributed by atoms with E-state index in [1.165, 1.54) is 12.1 Å². The number of nitrogens with two attached hydrogens (primary N) is 1. The van der Waals surface area contributed by atoms with Crippen LogP contribution in [0.5, 0.6) is 0 Å². The summed E-state index contributed by atoms with van der Waals surface area (Å²) in [6.07, 6.45) is 4.25. The third kappa shape index (κ3) is 3.93. The van der Waals surface area contributed by atoms with E-state index in [1.807, 2.05) is 0 Å². The number of rotatable bonds is 4. The van der Waals surface area contributed by atoms with Crippen molar-refractivity contribution in [2.45, 2.75) is 19.3 Å². The van der Waals surface area contributed by atoms with E-state index in [9.17, 15) is 14.0 Å². The van der Waals surface area contributed by atoms with E-state index in [0.717, 1.165) is 44.2 Å². The minimum Gasteiger partial charge on any atom is -0.371 e. The lowest BCUT2D eigenvalue weighted by Crippen LogP contribution is -2.31. The zero-order valence-electron chi connectivity index (χ0n) is 13.7. The normalized spacial score (nSPS) is 14.2. The van der Waals surface area contributed by atoms with Crippen LogP contribution in [0.25, 0.3) is 0 Å². The number of hydrogen-bond donors (Lipinski definition) is 2. The number of anilines is 2. The highest BCUT2D eigenvalue weighted by Gasteiger charge is 2.18. The Bertz CT molecular complexity index is 786. The Morgan fingerprint density at radius 1 is 1.12 bits per heavy atom. The van der Waals surface area contributed by atoms with Gasteiger partial charge in [0.25, 0.3) is 11.8 Å². The molecule has 130 valence electrons. The molecule has 3 rings (SSSR count). The number of aromatic nitrogens is 1. The molecule has 1 saturated heterocycles. The maximum Gasteiger partial charge on any atom is 0.274 e. The van der Waals surface area contributed by atoms with Crippen LogP contribution in [0.3, 0.4) is 0 Å². The molecule has 1 aromatic heterocycles. The first kappa shape index (κ1) is 16.9. The van der Waals surface area contributed by atoms with Gasteiger partial charge in [0.1, 0.15) is 11.5 Å². The molecule has 7 heteroatoms. The Kier molecular flexibility index (Phi) is 4.92. The molecule has 3 N–H and O–H groups in total. The lowest BCUT2D eigenvalue weighted by Gasteiger charge is -2.30. The molecule has 1 aromatic carbocycles. The Morgan fingerprint density at radius 3 is 2.52 bits per heavy atom. The van der Waals surface area contributed by atoms with Crippen molar-refractivity contribution in [3.63, 3.8) is 0 Å². The van der Waals surface area contributed by atoms with Crippen LogP contribution in [-0.2, 0) is 0 Å². The molecule has 25 heavy (non-hydrogen) atoms. The van der Waals surface area contributed by atoms with E-state index < -0.39 is 17.6 Å². The van der Waals surface area contributed by atoms with E-state index in [0.29, 0.717) is 11.3 Å². The van der Waals surface area contributed by atoms with Gasteiger partial charge in [-0.3, -0.25) is 9.59 Å². The second-order valence-corrected chi connectivity index (χ2v) is 5.96. The Morgan fingerprint density at radius 2 is 1.88 bits per heavy atom. The van der Waals surface area contributed by atoms with Crippen LogP contribution in [-0.4, -0.2) is 29.9 Å². The summed E-state index contributed by atoms with van der Waals surface area (Å²) >= 11 is 0. The number of nitrogens with one attached hydrogen (secondary N) is 1. The van der Waals surface area contributed by atoms with Gasteiger partial charge in [-0.1, -0.05) is 0 Å². The molecule has 0 saturated carbocycles. The fraction of sp³-hybridized carbons (Fsp3) is 0.278. The van der Waals surface area contributed by atoms with Crippen molar-refractivity contribution < 1.29 is 14.0 Å². The van der Waals surface area contributed by atoms with Gasteiger partial charge < -0.3 is 16.0 Å². The molecule has 1 fully saturated rings. The number of primary amides is 1. The molecule has 2 heterocycles. The Hall–Kier alpha value is -2.96. The predicted molar refractivity (Wildman–Crippen MR) is 93.2 cm³/mol. The van der Waals surface area contributed by atoms with Gasteiger partial charge in [0.05, 0.1) is 17.4 Å². The van der Waals surface area contributed by atoms with Crippen LogP contribution < -0.4 is 16.0 Å². The number of hydrogen-bond acceptors (Lipinski definition) is 4. The van der Waals surface area contributed by atoms with Gasteiger partial charge >= 0.3 is 0 Å². The maximum atomic E-state index is 12.9. The summed E-state index contributed by atoms with van der Waals surface area (Å²) in [5.74, 6) is -1.45. The molecule has 0 aliphatic carbocycles. The smallest absolute Gasteiger partial charge is 0.274 e. The molecule has 0 unspecified atom stereocenters. The lowest BCUT2D eigenvalue weighted by molar-refractivity contribution is 0.0998. The molecule has 1 aliphatic rings. The molecule has 0 radical (unpaired) electrons. The highest BCUT2D eigenvalue weighted by molar-refractivity contribution is 6.04. The van der Waals surface area contributed by atoms with Gasteiger partial charge in [0, 0.05) is 18.8 Å². The van der Waals surface area contributed by atoms with Crippen LogP contribution in [0, 0.1) is 5.82 Å². The topological polar surface area (TPSA) is 88.3 Å². The highest BCUT2D eigenvalue weighted by Crippen LogP contribution is 2.27. The van der Waals surface area contributed by atoms with Gasteiger partial charge in [-0.2, -0.15) is 0 Å². The number of benzene rings is 1. The van der Waals surface area contributed by atoms with Crippen molar-refractivity contribution in [3.8, 4) is 0 Å². The number of piperidine rings is 1. The van der Waals surface area contributed by atoms with Crippen molar-refractivity contribution in [3.05, 3.63) is 53.6 Å². The molecule has 0 spiro atoms. The highest BCUT2D eigenvalue weighted by atomic mass is 19.1. The largest absolute Gasteiger partial charge is 0.371 e. The quantitative estimate of drug-likeness (QED) is 0.894. The van der Waals surface area contributed by atoms with Crippen molar-refractivity contribution in [1.82, 2.24) is 4.98 Å². The number of carbonyl (C=O) groups excluding carboxylic acids is 2. The standard InChI is InChI=1S/C18H19FN4O2/c19-12-4-7-15(21-11-12)18(25)22-13-5-6-14(17(20)24)16(10-13)23-8-2-1-3-9-23/h4-7,10-11H,1-3,8-9H2,(H2,20,24)(H,22,25). The molecular weight excluding hydrogens is 323 g/mol. The maximum absolute atomic E-state index is 12.9.